The Bertz CT molecular complexity index is 1000. The van der Waals surface area contributed by atoms with Crippen LogP contribution in [0.3, 0.4) is 0 Å². The van der Waals surface area contributed by atoms with Crippen LogP contribution in [0.4, 0.5) is 16.2 Å². The van der Waals surface area contributed by atoms with Gasteiger partial charge in [0.1, 0.15) is 0 Å². The summed E-state index contributed by atoms with van der Waals surface area (Å²) < 4.78 is 5.33. The Labute approximate surface area is 174 Å². The Balaban J connectivity index is 1.39. The predicted molar refractivity (Wildman–Crippen MR) is 116 cm³/mol. The highest BCUT2D eigenvalue weighted by Crippen LogP contribution is 2.34. The number of fused-ring (bicyclic) bond motifs is 1. The number of H-pyrrole nitrogens is 1. The number of aliphatic imine (C=N–C) groups is 1. The number of benzene rings is 1. The van der Waals surface area contributed by atoms with Crippen LogP contribution in [-0.2, 0) is 4.74 Å². The number of nitrogens with one attached hydrogen (secondary N) is 3. The van der Waals surface area contributed by atoms with Gasteiger partial charge in [0.15, 0.2) is 0 Å². The number of morpholine rings is 1. The summed E-state index contributed by atoms with van der Waals surface area (Å²) in [5.41, 5.74) is 9.72. The number of nitrogens with zero attached hydrogens (tertiary/aromatic N) is 2. The number of primary amides is 1. The fourth-order valence-corrected chi connectivity index (χ4v) is 3.47. The largest absolute Gasteiger partial charge is 0.379 e. The second-order valence-corrected chi connectivity index (χ2v) is 7.13. The number of rotatable bonds is 6. The molecule has 0 bridgehead atoms. The van der Waals surface area contributed by atoms with Crippen LogP contribution in [0.2, 0.25) is 0 Å². The monoisotopic (exact) mass is 408 g/mol. The third kappa shape index (κ3) is 4.76. The van der Waals surface area contributed by atoms with Crippen LogP contribution < -0.4 is 16.4 Å². The standard InChI is InChI=1S/C21H24N6O3/c22-21(29)26-16-1-2-19-18(11-16)14(12-25-19)9-17-10-15(13-24-17)20(28)23-3-4-27-5-7-30-8-6-27/h1-2,9-13,24H,3-8H2,(H,23,28)(H3,22,26,29). The van der Waals surface area contributed by atoms with Crippen molar-refractivity contribution in [1.29, 1.82) is 0 Å². The van der Waals surface area contributed by atoms with Crippen molar-refractivity contribution in [3.05, 3.63) is 47.3 Å². The lowest BCUT2D eigenvalue weighted by Crippen LogP contribution is -2.41. The van der Waals surface area contributed by atoms with Crippen molar-refractivity contribution in [1.82, 2.24) is 15.2 Å². The molecule has 3 amide bonds. The van der Waals surface area contributed by atoms with Gasteiger partial charge in [-0.15, -0.1) is 0 Å². The van der Waals surface area contributed by atoms with Crippen LogP contribution in [-0.4, -0.2) is 67.4 Å². The Morgan fingerprint density at radius 2 is 2.10 bits per heavy atom. The molecule has 0 aliphatic carbocycles. The average molecular weight is 408 g/mol. The molecule has 1 saturated heterocycles. The topological polar surface area (TPSA) is 125 Å². The van der Waals surface area contributed by atoms with Gasteiger partial charge in [-0.05, 0) is 30.3 Å². The molecule has 5 N–H and O–H groups in total. The molecule has 2 aliphatic heterocycles. The molecule has 156 valence electrons. The van der Waals surface area contributed by atoms with Gasteiger partial charge in [-0.3, -0.25) is 14.7 Å². The minimum Gasteiger partial charge on any atom is -0.379 e. The Hall–Kier alpha value is -3.43. The van der Waals surface area contributed by atoms with E-state index in [1.165, 1.54) is 0 Å². The number of anilines is 1. The molecule has 0 spiro atoms. The van der Waals surface area contributed by atoms with Gasteiger partial charge < -0.3 is 26.1 Å². The van der Waals surface area contributed by atoms with Crippen molar-refractivity contribution >= 4 is 41.2 Å². The molecule has 3 heterocycles. The van der Waals surface area contributed by atoms with Crippen molar-refractivity contribution in [2.24, 2.45) is 10.7 Å². The quantitative estimate of drug-likeness (QED) is 0.582. The number of amides is 3. The van der Waals surface area contributed by atoms with Crippen molar-refractivity contribution < 1.29 is 14.3 Å². The maximum absolute atomic E-state index is 12.4. The highest BCUT2D eigenvalue weighted by atomic mass is 16.5. The second kappa shape index (κ2) is 8.93. The van der Waals surface area contributed by atoms with Gasteiger partial charge in [0.05, 0.1) is 24.5 Å². The van der Waals surface area contributed by atoms with Crippen molar-refractivity contribution in [3.63, 3.8) is 0 Å². The summed E-state index contributed by atoms with van der Waals surface area (Å²) in [6.07, 6.45) is 5.35. The van der Waals surface area contributed by atoms with E-state index < -0.39 is 6.03 Å². The zero-order chi connectivity index (χ0) is 20.9. The van der Waals surface area contributed by atoms with E-state index in [1.54, 1.807) is 24.5 Å². The fourth-order valence-electron chi connectivity index (χ4n) is 3.47. The number of urea groups is 1. The molecule has 2 aliphatic rings. The zero-order valence-electron chi connectivity index (χ0n) is 16.5. The summed E-state index contributed by atoms with van der Waals surface area (Å²) in [6, 6.07) is 6.57. The number of hydrogen-bond acceptors (Lipinski definition) is 5. The van der Waals surface area contributed by atoms with E-state index in [-0.39, 0.29) is 5.91 Å². The van der Waals surface area contributed by atoms with E-state index in [9.17, 15) is 9.59 Å². The van der Waals surface area contributed by atoms with Crippen LogP contribution in [0.25, 0.3) is 11.6 Å². The third-order valence-corrected chi connectivity index (χ3v) is 5.01. The van der Waals surface area contributed by atoms with Gasteiger partial charge in [-0.25, -0.2) is 4.79 Å². The van der Waals surface area contributed by atoms with E-state index >= 15 is 0 Å². The summed E-state index contributed by atoms with van der Waals surface area (Å²) in [5.74, 6) is -0.113. The van der Waals surface area contributed by atoms with Gasteiger partial charge in [0.2, 0.25) is 0 Å². The van der Waals surface area contributed by atoms with Crippen molar-refractivity contribution in [2.75, 3.05) is 44.7 Å². The number of ether oxygens (including phenoxy) is 1. The first kappa shape index (κ1) is 19.9. The van der Waals surface area contributed by atoms with Gasteiger partial charge >= 0.3 is 6.03 Å². The lowest BCUT2D eigenvalue weighted by atomic mass is 10.1. The van der Waals surface area contributed by atoms with E-state index in [0.29, 0.717) is 17.8 Å². The molecule has 0 saturated carbocycles. The first-order valence-electron chi connectivity index (χ1n) is 9.82. The van der Waals surface area contributed by atoms with E-state index in [0.717, 1.165) is 55.4 Å². The first-order chi connectivity index (χ1) is 14.6. The number of allylic oxidation sites excluding steroid dienone is 1. The molecule has 4 rings (SSSR count). The molecule has 9 heteroatoms. The van der Waals surface area contributed by atoms with Crippen LogP contribution in [0, 0.1) is 0 Å². The average Bonchev–Trinajstić information content (AvgIpc) is 3.36. The van der Waals surface area contributed by atoms with E-state index in [1.807, 2.05) is 18.2 Å². The normalized spacial score (nSPS) is 17.1. The molecule has 2 aromatic rings. The molecule has 1 aromatic heterocycles. The molecule has 0 unspecified atom stereocenters. The minimum atomic E-state index is -0.618. The number of carbonyl (C=O) groups excluding carboxylic acids is 2. The minimum absolute atomic E-state index is 0.113. The van der Waals surface area contributed by atoms with Crippen LogP contribution >= 0.6 is 0 Å². The third-order valence-electron chi connectivity index (χ3n) is 5.01. The van der Waals surface area contributed by atoms with Crippen LogP contribution in [0.5, 0.6) is 0 Å². The number of aromatic nitrogens is 1. The molecule has 1 aromatic carbocycles. The molecule has 30 heavy (non-hydrogen) atoms. The van der Waals surface area contributed by atoms with Gasteiger partial charge in [0.25, 0.3) is 5.91 Å². The summed E-state index contributed by atoms with van der Waals surface area (Å²) in [7, 11) is 0. The maximum Gasteiger partial charge on any atom is 0.316 e. The molecule has 0 atom stereocenters. The fraction of sp³-hybridized carbons (Fsp3) is 0.286. The summed E-state index contributed by atoms with van der Waals surface area (Å²) >= 11 is 0. The number of nitrogens with two attached hydrogens (primary N) is 1. The van der Waals surface area contributed by atoms with Crippen LogP contribution in [0.1, 0.15) is 21.6 Å². The molecular weight excluding hydrogens is 384 g/mol. The maximum atomic E-state index is 12.4. The second-order valence-electron chi connectivity index (χ2n) is 7.13. The summed E-state index contributed by atoms with van der Waals surface area (Å²) in [5, 5.41) is 5.52. The van der Waals surface area contributed by atoms with Crippen molar-refractivity contribution in [2.45, 2.75) is 0 Å². The molecule has 0 radical (unpaired) electrons. The Morgan fingerprint density at radius 3 is 2.90 bits per heavy atom. The Morgan fingerprint density at radius 1 is 1.27 bits per heavy atom. The molecule has 9 nitrogen and oxygen atoms in total. The highest BCUT2D eigenvalue weighted by Gasteiger charge is 2.15. The molecular formula is C21H24N6O3. The van der Waals surface area contributed by atoms with Gasteiger partial charge in [0, 0.05) is 61.1 Å². The van der Waals surface area contributed by atoms with E-state index in [2.05, 4.69) is 25.5 Å². The lowest BCUT2D eigenvalue weighted by molar-refractivity contribution is 0.0383. The Kier molecular flexibility index (Phi) is 5.92. The summed E-state index contributed by atoms with van der Waals surface area (Å²) in [6.45, 7) is 4.70. The highest BCUT2D eigenvalue weighted by molar-refractivity contribution is 6.21. The first-order valence-corrected chi connectivity index (χ1v) is 9.82. The lowest BCUT2D eigenvalue weighted by Gasteiger charge is -2.26. The number of hydrogen-bond donors (Lipinski definition) is 4. The summed E-state index contributed by atoms with van der Waals surface area (Å²) in [4.78, 5) is 33.3. The number of aromatic amines is 1. The van der Waals surface area contributed by atoms with Gasteiger partial charge in [-0.1, -0.05) is 0 Å². The predicted octanol–water partition coefficient (Wildman–Crippen LogP) is 1.82. The molecule has 1 fully saturated rings. The SMILES string of the molecule is NC(=O)Nc1ccc2c(c1)C(=Cc1cc(C(=O)NCCN3CCOCC3)c[nH]1)C=N2. The van der Waals surface area contributed by atoms with Gasteiger partial charge in [-0.2, -0.15) is 0 Å². The van der Waals surface area contributed by atoms with Crippen LogP contribution in [0.15, 0.2) is 35.5 Å². The van der Waals surface area contributed by atoms with E-state index in [4.69, 9.17) is 10.5 Å². The van der Waals surface area contributed by atoms with Crippen molar-refractivity contribution in [3.8, 4) is 0 Å². The zero-order valence-corrected chi connectivity index (χ0v) is 16.5. The number of carbonyl (C=O) groups is 2. The smallest absolute Gasteiger partial charge is 0.316 e.